The van der Waals surface area contributed by atoms with Crippen LogP contribution >= 0.6 is 0 Å². The van der Waals surface area contributed by atoms with Gasteiger partial charge in [0.2, 0.25) is 5.91 Å². The number of carbonyl (C=O) groups excluding carboxylic acids is 2. The normalized spacial score (nSPS) is 27.1. The van der Waals surface area contributed by atoms with E-state index in [1.807, 2.05) is 60.5 Å². The molecule has 2 aromatic carbocycles. The lowest BCUT2D eigenvalue weighted by Crippen LogP contribution is -2.67. The minimum Gasteiger partial charge on any atom is -0.497 e. The van der Waals surface area contributed by atoms with Crippen molar-refractivity contribution >= 4 is 18.0 Å². The number of carbonyl (C=O) groups is 2. The van der Waals surface area contributed by atoms with Crippen LogP contribution in [0.15, 0.2) is 54.6 Å². The quantitative estimate of drug-likeness (QED) is 0.308. The Bertz CT molecular complexity index is 1240. The van der Waals surface area contributed by atoms with Gasteiger partial charge in [-0.25, -0.2) is 0 Å². The minimum absolute atomic E-state index is 0.0277. The highest BCUT2D eigenvalue weighted by Gasteiger charge is 2.58. The number of rotatable bonds is 8. The number of hydrogen-bond acceptors (Lipinski definition) is 6. The molecule has 2 aromatic rings. The third-order valence-corrected chi connectivity index (χ3v) is 8.98. The molecule has 0 spiro atoms. The number of hydrogen-bond donors (Lipinski definition) is 1. The first-order valence-corrected chi connectivity index (χ1v) is 14.0. The Morgan fingerprint density at radius 2 is 1.87 bits per heavy atom. The van der Waals surface area contributed by atoms with Gasteiger partial charge in [-0.05, 0) is 92.5 Å². The Kier molecular flexibility index (Phi) is 7.83. The Labute approximate surface area is 231 Å². The number of likely N-dealkylation sites (tertiary alicyclic amines) is 1. The summed E-state index contributed by atoms with van der Waals surface area (Å²) in [5.41, 5.74) is 0.409. The zero-order valence-electron chi connectivity index (χ0n) is 23.3. The smallest absolute Gasteiger partial charge is 0.308 e. The van der Waals surface area contributed by atoms with Crippen molar-refractivity contribution in [3.05, 3.63) is 65.7 Å². The maximum atomic E-state index is 13.3. The van der Waals surface area contributed by atoms with Crippen LogP contribution in [0.25, 0.3) is 6.08 Å². The van der Waals surface area contributed by atoms with E-state index in [1.54, 1.807) is 19.3 Å². The average molecular weight is 533 g/mol. The zero-order chi connectivity index (χ0) is 27.6. The van der Waals surface area contributed by atoms with E-state index in [1.165, 1.54) is 19.8 Å². The second-order valence-corrected chi connectivity index (χ2v) is 11.6. The Morgan fingerprint density at radius 1 is 1.10 bits per heavy atom. The summed E-state index contributed by atoms with van der Waals surface area (Å²) in [7, 11) is 3.48. The first-order chi connectivity index (χ1) is 18.7. The van der Waals surface area contributed by atoms with Gasteiger partial charge in [0, 0.05) is 44.6 Å². The molecule has 1 aliphatic heterocycles. The molecular formula is C32H40N2O5. The van der Waals surface area contributed by atoms with Crippen molar-refractivity contribution in [2.24, 2.45) is 5.92 Å². The molecule has 0 bridgehead atoms. The van der Waals surface area contributed by atoms with Crippen LogP contribution in [0.1, 0.15) is 56.6 Å². The van der Waals surface area contributed by atoms with Crippen LogP contribution in [-0.4, -0.2) is 72.2 Å². The van der Waals surface area contributed by atoms with Crippen LogP contribution in [0, 0.1) is 5.92 Å². The Balaban J connectivity index is 1.40. The molecule has 1 N–H and O–H groups in total. The number of β-amino-alcohol motifs (C(OH)–C–C–N with tert-alkyl or cyclic N) is 1. The summed E-state index contributed by atoms with van der Waals surface area (Å²) < 4.78 is 10.7. The summed E-state index contributed by atoms with van der Waals surface area (Å²) in [5.74, 6) is 1.56. The van der Waals surface area contributed by atoms with Gasteiger partial charge in [0.25, 0.3) is 0 Å². The number of piperidine rings is 1. The van der Waals surface area contributed by atoms with Gasteiger partial charge in [0.1, 0.15) is 11.5 Å². The van der Waals surface area contributed by atoms with Gasteiger partial charge in [0.05, 0.1) is 12.7 Å². The van der Waals surface area contributed by atoms with Crippen LogP contribution in [0.4, 0.5) is 0 Å². The highest BCUT2D eigenvalue weighted by molar-refractivity contribution is 5.91. The van der Waals surface area contributed by atoms with E-state index in [-0.39, 0.29) is 17.9 Å². The molecule has 0 aromatic heterocycles. The molecule has 7 heteroatoms. The fraction of sp³-hybridized carbons (Fsp3) is 0.500. The van der Waals surface area contributed by atoms with Crippen LogP contribution in [0.2, 0.25) is 0 Å². The van der Waals surface area contributed by atoms with Gasteiger partial charge in [-0.15, -0.1) is 0 Å². The molecule has 3 unspecified atom stereocenters. The predicted molar refractivity (Wildman–Crippen MR) is 151 cm³/mol. The molecule has 1 saturated heterocycles. The highest BCUT2D eigenvalue weighted by atomic mass is 16.5. The van der Waals surface area contributed by atoms with E-state index in [2.05, 4.69) is 4.90 Å². The van der Waals surface area contributed by atoms with Crippen molar-refractivity contribution < 1.29 is 24.2 Å². The van der Waals surface area contributed by atoms with E-state index in [0.717, 1.165) is 48.7 Å². The van der Waals surface area contributed by atoms with Crippen LogP contribution < -0.4 is 9.47 Å². The van der Waals surface area contributed by atoms with Crippen LogP contribution in [0.3, 0.4) is 0 Å². The first-order valence-electron chi connectivity index (χ1n) is 14.0. The molecule has 2 saturated carbocycles. The lowest BCUT2D eigenvalue weighted by atomic mass is 9.55. The number of nitrogens with zero attached hydrogens (tertiary/aromatic N) is 2. The van der Waals surface area contributed by atoms with Gasteiger partial charge in [-0.2, -0.15) is 0 Å². The predicted octanol–water partition coefficient (Wildman–Crippen LogP) is 4.43. The number of ether oxygens (including phenoxy) is 2. The topological polar surface area (TPSA) is 79.3 Å². The lowest BCUT2D eigenvalue weighted by molar-refractivity contribution is -0.145. The molecule has 0 radical (unpaired) electrons. The Morgan fingerprint density at radius 3 is 2.62 bits per heavy atom. The molecule has 3 aliphatic rings. The molecule has 208 valence electrons. The third-order valence-electron chi connectivity index (χ3n) is 8.98. The summed E-state index contributed by atoms with van der Waals surface area (Å²) in [6.45, 7) is 3.97. The van der Waals surface area contributed by atoms with Gasteiger partial charge in [-0.3, -0.25) is 9.59 Å². The summed E-state index contributed by atoms with van der Waals surface area (Å²) in [6, 6.07) is 15.2. The maximum absolute atomic E-state index is 13.3. The molecule has 39 heavy (non-hydrogen) atoms. The van der Waals surface area contributed by atoms with Gasteiger partial charge >= 0.3 is 5.97 Å². The monoisotopic (exact) mass is 532 g/mol. The molecule has 1 amide bonds. The number of benzene rings is 2. The first kappa shape index (κ1) is 27.4. The molecule has 3 fully saturated rings. The number of esters is 1. The van der Waals surface area contributed by atoms with Crippen molar-refractivity contribution in [3.8, 4) is 11.5 Å². The maximum Gasteiger partial charge on any atom is 0.308 e. The van der Waals surface area contributed by atoms with Crippen molar-refractivity contribution in [3.63, 3.8) is 0 Å². The second kappa shape index (κ2) is 11.1. The number of aliphatic hydroxyl groups is 1. The minimum atomic E-state index is -0.925. The molecular weight excluding hydrogens is 492 g/mol. The summed E-state index contributed by atoms with van der Waals surface area (Å²) in [4.78, 5) is 29.2. The molecule has 3 atom stereocenters. The van der Waals surface area contributed by atoms with Crippen molar-refractivity contribution in [1.29, 1.82) is 0 Å². The van der Waals surface area contributed by atoms with Gasteiger partial charge < -0.3 is 24.4 Å². The molecule has 5 rings (SSSR count). The molecule has 7 nitrogen and oxygen atoms in total. The van der Waals surface area contributed by atoms with Gasteiger partial charge in [0.15, 0.2) is 0 Å². The lowest BCUT2D eigenvalue weighted by Gasteiger charge is -2.59. The van der Waals surface area contributed by atoms with Gasteiger partial charge in [-0.1, -0.05) is 24.3 Å². The van der Waals surface area contributed by atoms with Crippen molar-refractivity contribution in [2.45, 2.75) is 62.5 Å². The average Bonchev–Trinajstić information content (AvgIpc) is 3.74. The summed E-state index contributed by atoms with van der Waals surface area (Å²) >= 11 is 0. The Hall–Kier alpha value is -3.16. The second-order valence-electron chi connectivity index (χ2n) is 11.6. The number of fused-ring (bicyclic) bond motifs is 1. The number of likely N-dealkylation sites (N-methyl/N-ethyl adjacent to an activating group) is 1. The largest absolute Gasteiger partial charge is 0.497 e. The molecule has 1 heterocycles. The van der Waals surface area contributed by atoms with E-state index in [0.29, 0.717) is 25.1 Å². The summed E-state index contributed by atoms with van der Waals surface area (Å²) in [5, 5.41) is 12.3. The van der Waals surface area contributed by atoms with E-state index >= 15 is 0 Å². The van der Waals surface area contributed by atoms with Crippen LogP contribution in [0.5, 0.6) is 11.5 Å². The molecule has 2 aliphatic carbocycles. The van der Waals surface area contributed by atoms with Crippen LogP contribution in [-0.2, 0) is 15.0 Å². The van der Waals surface area contributed by atoms with E-state index in [9.17, 15) is 14.7 Å². The fourth-order valence-corrected chi connectivity index (χ4v) is 6.62. The zero-order valence-corrected chi connectivity index (χ0v) is 23.3. The third kappa shape index (κ3) is 5.89. The van der Waals surface area contributed by atoms with Crippen molar-refractivity contribution in [1.82, 2.24) is 9.80 Å². The number of amides is 1. The van der Waals surface area contributed by atoms with Crippen molar-refractivity contribution in [2.75, 3.05) is 33.8 Å². The standard InChI is InChI=1S/C32H40N2O5/c1-23(35)39-29-9-5-7-26(19-29)31-16-17-34(21-25-10-11-25)22-32(31,37)15-14-27(20-31)33(2)30(36)13-12-24-6-4-8-28(18-24)38-3/h4-9,12-13,18-19,25,27,37H,10-11,14-17,20-22H2,1-3H3/b13-12+. The van der Waals surface area contributed by atoms with E-state index in [4.69, 9.17) is 9.47 Å². The SMILES string of the molecule is COc1cccc(/C=C/C(=O)N(C)C2CCC3(O)CN(CC4CC4)CCC3(c3cccc(OC(C)=O)c3)C2)c1. The fourth-order valence-electron chi connectivity index (χ4n) is 6.62. The van der Waals surface area contributed by atoms with E-state index < -0.39 is 11.0 Å². The summed E-state index contributed by atoms with van der Waals surface area (Å²) in [6.07, 6.45) is 8.77. The highest BCUT2D eigenvalue weighted by Crippen LogP contribution is 2.53. The number of methoxy groups -OCH3 is 1.